The lowest BCUT2D eigenvalue weighted by Gasteiger charge is -2.33. The number of nitrogens with zero attached hydrogens (tertiary/aromatic N) is 1. The van der Waals surface area contributed by atoms with Crippen LogP contribution in [0.4, 0.5) is 0 Å². The largest absolute Gasteiger partial charge is 0.491 e. The molecular formula is C17H22N2O3. The summed E-state index contributed by atoms with van der Waals surface area (Å²) in [5.41, 5.74) is -0.176. The molecule has 5 heteroatoms. The van der Waals surface area contributed by atoms with Crippen molar-refractivity contribution in [3.05, 3.63) is 29.8 Å². The quantitative estimate of drug-likeness (QED) is 0.845. The summed E-state index contributed by atoms with van der Waals surface area (Å²) in [6.07, 6.45) is 1.41. The van der Waals surface area contributed by atoms with Gasteiger partial charge < -0.3 is 15.2 Å². The number of benzene rings is 1. The fraction of sp³-hybridized carbons (Fsp3) is 0.529. The molecule has 1 aliphatic rings. The number of amides is 1. The van der Waals surface area contributed by atoms with Crippen LogP contribution < -0.4 is 10.1 Å². The average Bonchev–Trinajstić information content (AvgIpc) is 2.44. The summed E-state index contributed by atoms with van der Waals surface area (Å²) >= 11 is 0. The van der Waals surface area contributed by atoms with Crippen LogP contribution in [0.2, 0.25) is 0 Å². The van der Waals surface area contributed by atoms with Crippen LogP contribution in [0.3, 0.4) is 0 Å². The van der Waals surface area contributed by atoms with Crippen LogP contribution >= 0.6 is 0 Å². The summed E-state index contributed by atoms with van der Waals surface area (Å²) < 4.78 is 5.54. The molecule has 0 spiro atoms. The average molecular weight is 302 g/mol. The van der Waals surface area contributed by atoms with Gasteiger partial charge in [-0.2, -0.15) is 5.26 Å². The van der Waals surface area contributed by atoms with Crippen molar-refractivity contribution < 1.29 is 14.6 Å². The lowest BCUT2D eigenvalue weighted by molar-refractivity contribution is -0.132. The molecule has 1 saturated carbocycles. The number of nitriles is 1. The van der Waals surface area contributed by atoms with E-state index in [0.717, 1.165) is 12.2 Å². The van der Waals surface area contributed by atoms with Gasteiger partial charge in [0, 0.05) is 6.54 Å². The van der Waals surface area contributed by atoms with Gasteiger partial charge >= 0.3 is 0 Å². The van der Waals surface area contributed by atoms with Crippen LogP contribution in [0.1, 0.15) is 44.8 Å². The Morgan fingerprint density at radius 2 is 2.05 bits per heavy atom. The predicted molar refractivity (Wildman–Crippen MR) is 82.1 cm³/mol. The third-order valence-electron chi connectivity index (χ3n) is 3.95. The minimum absolute atomic E-state index is 0.0970. The third kappa shape index (κ3) is 3.58. The number of carbonyl (C=O) groups excluding carboxylic acids is 1. The van der Waals surface area contributed by atoms with Gasteiger partial charge in [0.1, 0.15) is 11.2 Å². The summed E-state index contributed by atoms with van der Waals surface area (Å²) in [6.45, 7) is 4.00. The van der Waals surface area contributed by atoms with Crippen molar-refractivity contribution in [2.24, 2.45) is 5.41 Å². The lowest BCUT2D eigenvalue weighted by atomic mass is 9.69. The van der Waals surface area contributed by atoms with Crippen LogP contribution in [-0.4, -0.2) is 23.7 Å². The molecule has 0 aromatic heterocycles. The molecule has 1 unspecified atom stereocenters. The van der Waals surface area contributed by atoms with E-state index in [1.54, 1.807) is 24.3 Å². The van der Waals surface area contributed by atoms with Gasteiger partial charge in [0.15, 0.2) is 0 Å². The van der Waals surface area contributed by atoms with E-state index in [9.17, 15) is 9.90 Å². The van der Waals surface area contributed by atoms with Crippen molar-refractivity contribution in [3.8, 4) is 11.8 Å². The van der Waals surface area contributed by atoms with Crippen LogP contribution in [0, 0.1) is 16.7 Å². The summed E-state index contributed by atoms with van der Waals surface area (Å²) in [6, 6.07) is 9.23. The van der Waals surface area contributed by atoms with E-state index in [-0.39, 0.29) is 18.6 Å². The summed E-state index contributed by atoms with van der Waals surface area (Å²) in [7, 11) is 0. The van der Waals surface area contributed by atoms with Crippen molar-refractivity contribution in [1.29, 1.82) is 5.26 Å². The maximum absolute atomic E-state index is 12.0. The van der Waals surface area contributed by atoms with Crippen molar-refractivity contribution in [2.75, 3.05) is 6.54 Å². The molecule has 1 aliphatic carbocycles. The molecule has 1 atom stereocenters. The van der Waals surface area contributed by atoms with Gasteiger partial charge in [0.2, 0.25) is 5.91 Å². The number of carbonyl (C=O) groups is 1. The van der Waals surface area contributed by atoms with Crippen LogP contribution in [0.15, 0.2) is 24.3 Å². The first-order valence-electron chi connectivity index (χ1n) is 7.61. The highest BCUT2D eigenvalue weighted by Gasteiger charge is 2.44. The van der Waals surface area contributed by atoms with Crippen LogP contribution in [0.25, 0.3) is 0 Å². The molecule has 0 aliphatic heterocycles. The second-order valence-corrected chi connectivity index (χ2v) is 6.01. The molecule has 0 radical (unpaired) electrons. The molecule has 0 heterocycles. The highest BCUT2D eigenvalue weighted by Crippen LogP contribution is 2.40. The van der Waals surface area contributed by atoms with E-state index < -0.39 is 11.5 Å². The predicted octanol–water partition coefficient (Wildman–Crippen LogP) is 2.32. The van der Waals surface area contributed by atoms with E-state index in [2.05, 4.69) is 11.4 Å². The fourth-order valence-corrected chi connectivity index (χ4v) is 2.44. The molecule has 1 amide bonds. The van der Waals surface area contributed by atoms with Crippen LogP contribution in [-0.2, 0) is 4.79 Å². The minimum atomic E-state index is -0.880. The monoisotopic (exact) mass is 302 g/mol. The fourth-order valence-electron chi connectivity index (χ4n) is 2.44. The Morgan fingerprint density at radius 1 is 1.41 bits per heavy atom. The summed E-state index contributed by atoms with van der Waals surface area (Å²) in [4.78, 5) is 12.0. The van der Waals surface area contributed by atoms with Gasteiger partial charge in [0.25, 0.3) is 0 Å². The van der Waals surface area contributed by atoms with Gasteiger partial charge in [-0.3, -0.25) is 4.79 Å². The van der Waals surface area contributed by atoms with E-state index in [1.165, 1.54) is 0 Å². The maximum Gasteiger partial charge on any atom is 0.240 e. The SMILES string of the molecule is CC(C)Oc1ccc(C(O)CNC(=O)C2(C#N)CCC2)cc1. The summed E-state index contributed by atoms with van der Waals surface area (Å²) in [5, 5.41) is 21.9. The van der Waals surface area contributed by atoms with Crippen molar-refractivity contribution in [2.45, 2.75) is 45.3 Å². The van der Waals surface area contributed by atoms with Crippen molar-refractivity contribution in [3.63, 3.8) is 0 Å². The molecular weight excluding hydrogens is 280 g/mol. The highest BCUT2D eigenvalue weighted by atomic mass is 16.5. The second kappa shape index (κ2) is 6.80. The first-order valence-corrected chi connectivity index (χ1v) is 7.61. The molecule has 1 aromatic carbocycles. The number of aliphatic hydroxyl groups is 1. The first-order chi connectivity index (χ1) is 10.5. The van der Waals surface area contributed by atoms with Gasteiger partial charge in [-0.1, -0.05) is 12.1 Å². The Kier molecular flexibility index (Phi) is 5.04. The zero-order chi connectivity index (χ0) is 16.2. The molecule has 1 aromatic rings. The highest BCUT2D eigenvalue weighted by molar-refractivity contribution is 5.86. The van der Waals surface area contributed by atoms with E-state index in [1.807, 2.05) is 13.8 Å². The first kappa shape index (κ1) is 16.3. The summed E-state index contributed by atoms with van der Waals surface area (Å²) in [5.74, 6) is 0.466. The Morgan fingerprint density at radius 3 is 2.50 bits per heavy atom. The van der Waals surface area contributed by atoms with Gasteiger partial charge in [-0.15, -0.1) is 0 Å². The molecule has 22 heavy (non-hydrogen) atoms. The van der Waals surface area contributed by atoms with Crippen molar-refractivity contribution >= 4 is 5.91 Å². The second-order valence-electron chi connectivity index (χ2n) is 6.01. The lowest BCUT2D eigenvalue weighted by Crippen LogP contribution is -2.45. The Balaban J connectivity index is 1.88. The zero-order valence-corrected chi connectivity index (χ0v) is 13.0. The Bertz CT molecular complexity index is 556. The molecule has 0 bridgehead atoms. The van der Waals surface area contributed by atoms with E-state index in [0.29, 0.717) is 18.4 Å². The topological polar surface area (TPSA) is 82.3 Å². The van der Waals surface area contributed by atoms with Gasteiger partial charge in [0.05, 0.1) is 18.3 Å². The molecule has 0 saturated heterocycles. The molecule has 2 N–H and O–H groups in total. The van der Waals surface area contributed by atoms with Crippen LogP contribution in [0.5, 0.6) is 5.75 Å². The van der Waals surface area contributed by atoms with E-state index in [4.69, 9.17) is 10.00 Å². The molecule has 5 nitrogen and oxygen atoms in total. The van der Waals surface area contributed by atoms with E-state index >= 15 is 0 Å². The maximum atomic E-state index is 12.0. The Hall–Kier alpha value is -2.06. The van der Waals surface area contributed by atoms with Crippen molar-refractivity contribution in [1.82, 2.24) is 5.32 Å². The molecule has 2 rings (SSSR count). The zero-order valence-electron chi connectivity index (χ0n) is 13.0. The number of aliphatic hydroxyl groups excluding tert-OH is 1. The number of rotatable bonds is 6. The standard InChI is InChI=1S/C17H22N2O3/c1-12(2)22-14-6-4-13(5-7-14)15(20)10-19-16(21)17(11-18)8-3-9-17/h4-7,12,15,20H,3,8-10H2,1-2H3,(H,19,21). The van der Waals surface area contributed by atoms with Gasteiger partial charge in [-0.05, 0) is 50.8 Å². The molecule has 1 fully saturated rings. The minimum Gasteiger partial charge on any atom is -0.491 e. The van der Waals surface area contributed by atoms with Gasteiger partial charge in [-0.25, -0.2) is 0 Å². The Labute approximate surface area is 130 Å². The smallest absolute Gasteiger partial charge is 0.240 e. The number of hydrogen-bond acceptors (Lipinski definition) is 4. The number of hydrogen-bond donors (Lipinski definition) is 2. The number of nitrogens with one attached hydrogen (secondary N) is 1. The normalized spacial score (nSPS) is 17.2. The number of ether oxygens (including phenoxy) is 1. The third-order valence-corrected chi connectivity index (χ3v) is 3.95. The molecule has 118 valence electrons.